The van der Waals surface area contributed by atoms with Gasteiger partial charge in [0.15, 0.2) is 12.0 Å². The molecule has 1 fully saturated rings. The number of hydrogen-bond acceptors (Lipinski definition) is 6. The summed E-state index contributed by atoms with van der Waals surface area (Å²) in [4.78, 5) is 36.2. The van der Waals surface area contributed by atoms with E-state index in [-0.39, 0.29) is 5.56 Å². The molecule has 2 heterocycles. The molecule has 1 aromatic rings. The summed E-state index contributed by atoms with van der Waals surface area (Å²) >= 11 is 0. The van der Waals surface area contributed by atoms with Crippen LogP contribution in [0.4, 0.5) is 0 Å². The van der Waals surface area contributed by atoms with Crippen molar-refractivity contribution in [2.45, 2.75) is 38.4 Å². The molecule has 104 valence electrons. The summed E-state index contributed by atoms with van der Waals surface area (Å²) in [5.41, 5.74) is -1.08. The van der Waals surface area contributed by atoms with Gasteiger partial charge in [-0.05, 0) is 13.8 Å². The number of aryl methyl sites for hydroxylation is 1. The van der Waals surface area contributed by atoms with Crippen LogP contribution in [0.1, 0.15) is 18.7 Å². The second-order valence-electron chi connectivity index (χ2n) is 4.52. The average molecular weight is 270 g/mol. The first kappa shape index (κ1) is 13.7. The zero-order chi connectivity index (χ0) is 14.3. The number of aliphatic hydroxyl groups excluding tert-OH is 2. The van der Waals surface area contributed by atoms with Crippen molar-refractivity contribution in [3.05, 3.63) is 32.6 Å². The Morgan fingerprint density at radius 1 is 1.37 bits per heavy atom. The lowest BCUT2D eigenvalue weighted by Crippen LogP contribution is -2.38. The lowest BCUT2D eigenvalue weighted by Gasteiger charge is -2.17. The number of aromatic amines is 1. The summed E-state index contributed by atoms with van der Waals surface area (Å²) in [5, 5.41) is 19.5. The lowest BCUT2D eigenvalue weighted by molar-refractivity contribution is -0.133. The number of nitrogens with zero attached hydrogens (tertiary/aromatic N) is 1. The van der Waals surface area contributed by atoms with E-state index in [0.29, 0.717) is 0 Å². The lowest BCUT2D eigenvalue weighted by atomic mass is 10.1. The third-order valence-electron chi connectivity index (χ3n) is 3.06. The molecule has 3 N–H and O–H groups in total. The van der Waals surface area contributed by atoms with E-state index in [1.165, 1.54) is 20.0 Å². The van der Waals surface area contributed by atoms with Gasteiger partial charge in [-0.3, -0.25) is 19.1 Å². The standard InChI is InChI=1S/C11H14N2O6/c1-4-3-13(11(18)12-9(4)17)10-7(16)6(15)8(19-10)5(2)14/h3,6-8,10,15-16H,1-2H3,(H,12,17,18)/t6-,7+,8+,10+/m0/s1. The number of rotatable bonds is 2. The van der Waals surface area contributed by atoms with Gasteiger partial charge in [-0.25, -0.2) is 4.79 Å². The molecule has 0 unspecified atom stereocenters. The highest BCUT2D eigenvalue weighted by Gasteiger charge is 2.46. The number of ketones is 1. The van der Waals surface area contributed by atoms with Crippen LogP contribution in [0.3, 0.4) is 0 Å². The van der Waals surface area contributed by atoms with Crippen molar-refractivity contribution in [1.29, 1.82) is 0 Å². The summed E-state index contributed by atoms with van der Waals surface area (Å²) < 4.78 is 6.15. The van der Waals surface area contributed by atoms with Gasteiger partial charge >= 0.3 is 5.69 Å². The molecule has 1 saturated heterocycles. The quantitative estimate of drug-likeness (QED) is 0.574. The van der Waals surface area contributed by atoms with Crippen molar-refractivity contribution < 1.29 is 19.7 Å². The van der Waals surface area contributed by atoms with Gasteiger partial charge in [-0.15, -0.1) is 0 Å². The van der Waals surface area contributed by atoms with E-state index in [4.69, 9.17) is 4.74 Å². The number of ether oxygens (including phenoxy) is 1. The highest BCUT2D eigenvalue weighted by molar-refractivity contribution is 5.81. The number of aromatic nitrogens is 2. The Balaban J connectivity index is 2.44. The van der Waals surface area contributed by atoms with E-state index < -0.39 is 41.6 Å². The molecule has 8 nitrogen and oxygen atoms in total. The predicted octanol–water partition coefficient (Wildman–Crippen LogP) is -1.95. The van der Waals surface area contributed by atoms with Gasteiger partial charge in [0, 0.05) is 11.8 Å². The molecular formula is C11H14N2O6. The van der Waals surface area contributed by atoms with Gasteiger partial charge in [0.25, 0.3) is 5.56 Å². The summed E-state index contributed by atoms with van der Waals surface area (Å²) in [5.74, 6) is -0.455. The van der Waals surface area contributed by atoms with E-state index in [1.807, 2.05) is 0 Å². The van der Waals surface area contributed by atoms with Crippen LogP contribution in [0.25, 0.3) is 0 Å². The van der Waals surface area contributed by atoms with Crippen LogP contribution < -0.4 is 11.2 Å². The molecular weight excluding hydrogens is 256 g/mol. The van der Waals surface area contributed by atoms with Gasteiger partial charge in [-0.2, -0.15) is 0 Å². The first-order valence-corrected chi connectivity index (χ1v) is 5.67. The maximum Gasteiger partial charge on any atom is 0.330 e. The molecule has 1 aliphatic heterocycles. The van der Waals surface area contributed by atoms with E-state index in [1.54, 1.807) is 0 Å². The SMILES string of the molecule is CC(=O)[C@H]1O[C@@H](n2cc(C)c(=O)[nH]c2=O)[C@H](O)[C@@H]1O. The molecule has 8 heteroatoms. The van der Waals surface area contributed by atoms with E-state index in [9.17, 15) is 24.6 Å². The fraction of sp³-hybridized carbons (Fsp3) is 0.545. The smallest absolute Gasteiger partial charge is 0.330 e. The minimum absolute atomic E-state index is 0.246. The number of carbonyl (C=O) groups is 1. The Hall–Kier alpha value is -1.77. The number of hydrogen-bond donors (Lipinski definition) is 3. The predicted molar refractivity (Wildman–Crippen MR) is 62.7 cm³/mol. The average Bonchev–Trinajstić information content (AvgIpc) is 2.62. The van der Waals surface area contributed by atoms with E-state index in [0.717, 1.165) is 4.57 Å². The van der Waals surface area contributed by atoms with Crippen LogP contribution in [-0.4, -0.2) is 43.9 Å². The molecule has 0 aromatic carbocycles. The fourth-order valence-electron chi connectivity index (χ4n) is 2.00. The number of carbonyl (C=O) groups excluding carboxylic acids is 1. The molecule has 0 aliphatic carbocycles. The third kappa shape index (κ3) is 2.25. The van der Waals surface area contributed by atoms with Gasteiger partial charge in [-0.1, -0.05) is 0 Å². The molecule has 0 bridgehead atoms. The van der Waals surface area contributed by atoms with Crippen molar-refractivity contribution in [2.75, 3.05) is 0 Å². The van der Waals surface area contributed by atoms with Crippen LogP contribution in [0.2, 0.25) is 0 Å². The summed E-state index contributed by atoms with van der Waals surface area (Å²) in [6.07, 6.45) is -4.05. The minimum atomic E-state index is -1.43. The van der Waals surface area contributed by atoms with Crippen LogP contribution in [0.15, 0.2) is 15.8 Å². The number of H-pyrrole nitrogens is 1. The van der Waals surface area contributed by atoms with Crippen LogP contribution >= 0.6 is 0 Å². The normalized spacial score (nSPS) is 30.5. The Kier molecular flexibility index (Phi) is 3.40. The Labute approximate surface area is 107 Å². The molecule has 1 aromatic heterocycles. The summed E-state index contributed by atoms with van der Waals surface area (Å²) in [6.45, 7) is 2.69. The molecule has 0 saturated carbocycles. The number of Topliss-reactive ketones (excluding diaryl/α,β-unsaturated/α-hetero) is 1. The maximum atomic E-state index is 11.7. The maximum absolute atomic E-state index is 11.7. The topological polar surface area (TPSA) is 122 Å². The van der Waals surface area contributed by atoms with Crippen LogP contribution in [0.5, 0.6) is 0 Å². The molecule has 2 rings (SSSR count). The van der Waals surface area contributed by atoms with Crippen molar-refractivity contribution in [3.8, 4) is 0 Å². The Morgan fingerprint density at radius 3 is 2.53 bits per heavy atom. The second kappa shape index (κ2) is 4.72. The molecule has 0 radical (unpaired) electrons. The molecule has 4 atom stereocenters. The second-order valence-corrected chi connectivity index (χ2v) is 4.52. The zero-order valence-corrected chi connectivity index (χ0v) is 10.4. The van der Waals surface area contributed by atoms with Crippen LogP contribution in [0, 0.1) is 6.92 Å². The van der Waals surface area contributed by atoms with Gasteiger partial charge in [0.05, 0.1) is 0 Å². The first-order valence-electron chi connectivity index (χ1n) is 5.67. The van der Waals surface area contributed by atoms with E-state index in [2.05, 4.69) is 4.98 Å². The highest BCUT2D eigenvalue weighted by Crippen LogP contribution is 2.28. The minimum Gasteiger partial charge on any atom is -0.387 e. The molecule has 1 aliphatic rings. The van der Waals surface area contributed by atoms with Gasteiger partial charge in [0.1, 0.15) is 18.3 Å². The first-order chi connectivity index (χ1) is 8.82. The molecule has 0 spiro atoms. The third-order valence-corrected chi connectivity index (χ3v) is 3.06. The summed E-state index contributed by atoms with van der Waals surface area (Å²) in [7, 11) is 0. The number of aliphatic hydroxyl groups is 2. The van der Waals surface area contributed by atoms with Crippen molar-refractivity contribution in [1.82, 2.24) is 9.55 Å². The zero-order valence-electron chi connectivity index (χ0n) is 10.4. The monoisotopic (exact) mass is 270 g/mol. The highest BCUT2D eigenvalue weighted by atomic mass is 16.6. The van der Waals surface area contributed by atoms with Crippen molar-refractivity contribution in [2.24, 2.45) is 0 Å². The number of nitrogens with one attached hydrogen (secondary N) is 1. The largest absolute Gasteiger partial charge is 0.387 e. The fourth-order valence-corrected chi connectivity index (χ4v) is 2.00. The molecule has 19 heavy (non-hydrogen) atoms. The van der Waals surface area contributed by atoms with Crippen molar-refractivity contribution in [3.63, 3.8) is 0 Å². The van der Waals surface area contributed by atoms with E-state index >= 15 is 0 Å². The Bertz CT molecular complexity index is 618. The summed E-state index contributed by atoms with van der Waals surface area (Å²) in [6, 6.07) is 0. The van der Waals surface area contributed by atoms with Gasteiger partial charge < -0.3 is 14.9 Å². The Morgan fingerprint density at radius 2 is 2.00 bits per heavy atom. The molecule has 0 amide bonds. The van der Waals surface area contributed by atoms with Crippen molar-refractivity contribution >= 4 is 5.78 Å². The van der Waals surface area contributed by atoms with Crippen LogP contribution in [-0.2, 0) is 9.53 Å². The van der Waals surface area contributed by atoms with Gasteiger partial charge in [0.2, 0.25) is 0 Å².